The lowest BCUT2D eigenvalue weighted by atomic mass is 10.1. The van der Waals surface area contributed by atoms with E-state index in [2.05, 4.69) is 21.3 Å². The molecule has 0 saturated carbocycles. The van der Waals surface area contributed by atoms with Crippen LogP contribution in [0.3, 0.4) is 0 Å². The first kappa shape index (κ1) is 38.9. The van der Waals surface area contributed by atoms with Gasteiger partial charge in [0.1, 0.15) is 21.3 Å². The average Bonchev–Trinajstić information content (AvgIpc) is 3.12. The molecule has 286 valence electrons. The molecule has 0 aliphatic carbocycles. The summed E-state index contributed by atoms with van der Waals surface area (Å²) >= 11 is 0. The van der Waals surface area contributed by atoms with Crippen molar-refractivity contribution in [2.24, 2.45) is 0 Å². The number of phenolic OH excluding ortho intramolecular Hbond substituents is 2. The molecule has 6 aromatic carbocycles. The van der Waals surface area contributed by atoms with E-state index in [1.807, 2.05) is 0 Å². The van der Waals surface area contributed by atoms with Crippen molar-refractivity contribution < 1.29 is 55.3 Å². The molecule has 56 heavy (non-hydrogen) atoms. The van der Waals surface area contributed by atoms with Gasteiger partial charge in [-0.25, -0.2) is 0 Å². The molecule has 6 rings (SSSR count). The highest BCUT2D eigenvalue weighted by Crippen LogP contribution is 2.37. The molecule has 0 fully saturated rings. The maximum Gasteiger partial charge on any atom is 0.314 e. The smallest absolute Gasteiger partial charge is 0.314 e. The van der Waals surface area contributed by atoms with Crippen LogP contribution in [0.15, 0.2) is 107 Å². The topological polar surface area (TPSA) is 266 Å². The predicted molar refractivity (Wildman–Crippen MR) is 206 cm³/mol. The number of benzene rings is 6. The van der Waals surface area contributed by atoms with Crippen molar-refractivity contribution >= 4 is 88.2 Å². The second kappa shape index (κ2) is 14.8. The third-order valence-electron chi connectivity index (χ3n) is 8.69. The number of hydrogen-bond donors (Lipinski definition) is 8. The molecule has 0 aliphatic heterocycles. The highest BCUT2D eigenvalue weighted by molar-refractivity contribution is 7.86. The Bertz CT molecular complexity index is 2700. The standard InChI is InChI=1S/C38H30N4O12S2/c1-19-17-21(35(45)41-27-13-15-31(55(49,50)51)23-5-3-7-29(43)33(23)27)9-11-25(19)39-37(47)38(48)40-26-12-10-22(18-20(26)2)36(46)42-28-14-16-32(56(52,53)54)24-6-4-8-30(44)34(24)28/h3-18,43-44H,1-2H3,(H,39,47)(H,40,48)(H,41,45)(H,42,46)(H,49,50,51)(H,52,53,54). The maximum atomic E-state index is 13.2. The van der Waals surface area contributed by atoms with Crippen molar-refractivity contribution in [3.8, 4) is 11.5 Å². The predicted octanol–water partition coefficient (Wildman–Crippen LogP) is 5.60. The lowest BCUT2D eigenvalue weighted by Gasteiger charge is -2.14. The molecule has 16 nitrogen and oxygen atoms in total. The summed E-state index contributed by atoms with van der Waals surface area (Å²) in [4.78, 5) is 51.2. The summed E-state index contributed by atoms with van der Waals surface area (Å²) in [6.45, 7) is 3.15. The maximum absolute atomic E-state index is 13.2. The van der Waals surface area contributed by atoms with E-state index in [-0.39, 0.29) is 66.9 Å². The van der Waals surface area contributed by atoms with Crippen molar-refractivity contribution in [1.82, 2.24) is 0 Å². The molecule has 0 spiro atoms. The normalized spacial score (nSPS) is 11.6. The van der Waals surface area contributed by atoms with Crippen molar-refractivity contribution in [3.05, 3.63) is 119 Å². The summed E-state index contributed by atoms with van der Waals surface area (Å²) in [5.74, 6) is -4.08. The van der Waals surface area contributed by atoms with Gasteiger partial charge in [0.05, 0.1) is 11.4 Å². The Hall–Kier alpha value is -6.86. The second-order valence-corrected chi connectivity index (χ2v) is 15.2. The quantitative estimate of drug-likeness (QED) is 0.0691. The second-order valence-electron chi connectivity index (χ2n) is 12.4. The molecular formula is C38H30N4O12S2. The van der Waals surface area contributed by atoms with Crippen molar-refractivity contribution in [3.63, 3.8) is 0 Å². The van der Waals surface area contributed by atoms with E-state index in [0.29, 0.717) is 11.1 Å². The molecule has 0 atom stereocenters. The van der Waals surface area contributed by atoms with Crippen molar-refractivity contribution in [2.45, 2.75) is 23.6 Å². The van der Waals surface area contributed by atoms with Crippen molar-refractivity contribution in [2.75, 3.05) is 21.3 Å². The number of hydrogen-bond acceptors (Lipinski definition) is 10. The van der Waals surface area contributed by atoms with E-state index >= 15 is 0 Å². The number of phenols is 2. The Morgan fingerprint density at radius 1 is 0.482 bits per heavy atom. The lowest BCUT2D eigenvalue weighted by Crippen LogP contribution is -2.29. The Kier molecular flexibility index (Phi) is 10.2. The SMILES string of the molecule is Cc1cc(C(=O)Nc2ccc(S(=O)(=O)O)c3cccc(O)c23)ccc1NC(=O)C(=O)Nc1ccc(C(=O)Nc2ccc(S(=O)(=O)O)c3cccc(O)c23)cc1C. The van der Waals surface area contributed by atoms with Gasteiger partial charge in [0, 0.05) is 44.0 Å². The molecule has 0 saturated heterocycles. The van der Waals surface area contributed by atoms with Gasteiger partial charge in [-0.15, -0.1) is 0 Å². The van der Waals surface area contributed by atoms with Crippen LogP contribution in [0.25, 0.3) is 21.5 Å². The van der Waals surface area contributed by atoms with E-state index < -0.39 is 53.7 Å². The highest BCUT2D eigenvalue weighted by Gasteiger charge is 2.22. The fourth-order valence-corrected chi connectivity index (χ4v) is 7.39. The van der Waals surface area contributed by atoms with E-state index in [4.69, 9.17) is 0 Å². The van der Waals surface area contributed by atoms with Crippen LogP contribution in [-0.2, 0) is 29.8 Å². The van der Waals surface area contributed by atoms with Crippen LogP contribution in [0.5, 0.6) is 11.5 Å². The number of rotatable bonds is 8. The number of nitrogens with one attached hydrogen (secondary N) is 4. The molecule has 18 heteroatoms. The minimum absolute atomic E-state index is 0.0167. The molecular weight excluding hydrogens is 769 g/mol. The van der Waals surface area contributed by atoms with Crippen molar-refractivity contribution in [1.29, 1.82) is 0 Å². The summed E-state index contributed by atoms with van der Waals surface area (Å²) in [6, 6.07) is 21.0. The molecule has 0 aromatic heterocycles. The summed E-state index contributed by atoms with van der Waals surface area (Å²) in [5.41, 5.74) is 1.56. The number of carbonyl (C=O) groups excluding carboxylic acids is 4. The van der Waals surface area contributed by atoms with Crippen LogP contribution in [0.4, 0.5) is 22.7 Å². The Balaban J connectivity index is 1.12. The minimum atomic E-state index is -4.64. The van der Waals surface area contributed by atoms with Gasteiger partial charge < -0.3 is 31.5 Å². The van der Waals surface area contributed by atoms with Gasteiger partial charge in [-0.1, -0.05) is 24.3 Å². The Labute approximate surface area is 318 Å². The third-order valence-corrected chi connectivity index (χ3v) is 10.5. The molecule has 4 amide bonds. The number of anilines is 4. The zero-order valence-electron chi connectivity index (χ0n) is 29.1. The first-order valence-corrected chi connectivity index (χ1v) is 19.1. The Morgan fingerprint density at radius 3 is 1.18 bits per heavy atom. The first-order valence-electron chi connectivity index (χ1n) is 16.2. The Morgan fingerprint density at radius 2 is 0.839 bits per heavy atom. The number of aryl methyl sites for hydroxylation is 2. The van der Waals surface area contributed by atoms with Gasteiger partial charge >= 0.3 is 11.8 Å². The monoisotopic (exact) mass is 798 g/mol. The third kappa shape index (κ3) is 7.84. The number of carbonyl (C=O) groups is 4. The minimum Gasteiger partial charge on any atom is -0.507 e. The van der Waals surface area contributed by atoms with Crippen LogP contribution in [0.2, 0.25) is 0 Å². The zero-order chi connectivity index (χ0) is 40.7. The van der Waals surface area contributed by atoms with Crippen LogP contribution in [0, 0.1) is 13.8 Å². The van der Waals surface area contributed by atoms with Crippen LogP contribution in [-0.4, -0.2) is 59.8 Å². The summed E-state index contributed by atoms with van der Waals surface area (Å²) < 4.78 is 66.6. The number of fused-ring (bicyclic) bond motifs is 2. The number of amides is 4. The van der Waals surface area contributed by atoms with E-state index in [1.54, 1.807) is 13.8 Å². The van der Waals surface area contributed by atoms with Crippen LogP contribution in [0.1, 0.15) is 31.8 Å². The number of aromatic hydroxyl groups is 2. The molecule has 6 aromatic rings. The van der Waals surface area contributed by atoms with Gasteiger partial charge in [-0.05, 0) is 97.8 Å². The molecule has 0 unspecified atom stereocenters. The fraction of sp³-hybridized carbons (Fsp3) is 0.0526. The van der Waals surface area contributed by atoms with E-state index in [1.165, 1.54) is 84.9 Å². The zero-order valence-corrected chi connectivity index (χ0v) is 30.7. The molecule has 0 bridgehead atoms. The van der Waals surface area contributed by atoms with Gasteiger partial charge in [-0.2, -0.15) is 16.8 Å². The van der Waals surface area contributed by atoms with Gasteiger partial charge in [0.2, 0.25) is 0 Å². The summed E-state index contributed by atoms with van der Waals surface area (Å²) in [6.07, 6.45) is 0. The fourth-order valence-electron chi connectivity index (χ4n) is 6.02. The first-order chi connectivity index (χ1) is 26.3. The summed E-state index contributed by atoms with van der Waals surface area (Å²) in [7, 11) is -9.29. The van der Waals surface area contributed by atoms with Gasteiger partial charge in [-0.3, -0.25) is 28.3 Å². The average molecular weight is 799 g/mol. The molecule has 0 aliphatic rings. The van der Waals surface area contributed by atoms with Gasteiger partial charge in [0.25, 0.3) is 32.1 Å². The molecule has 0 radical (unpaired) electrons. The largest absolute Gasteiger partial charge is 0.507 e. The molecule has 0 heterocycles. The lowest BCUT2D eigenvalue weighted by molar-refractivity contribution is -0.133. The van der Waals surface area contributed by atoms with Crippen LogP contribution >= 0.6 is 0 Å². The van der Waals surface area contributed by atoms with E-state index in [9.17, 15) is 55.3 Å². The van der Waals surface area contributed by atoms with E-state index in [0.717, 1.165) is 12.1 Å². The molecule has 8 N–H and O–H groups in total. The van der Waals surface area contributed by atoms with Crippen LogP contribution < -0.4 is 21.3 Å². The highest BCUT2D eigenvalue weighted by atomic mass is 32.2. The van der Waals surface area contributed by atoms with Gasteiger partial charge in [0.15, 0.2) is 0 Å². The summed E-state index contributed by atoms with van der Waals surface area (Å²) in [5, 5.41) is 31.0.